The first-order valence-electron chi connectivity index (χ1n) is 7.34. The maximum absolute atomic E-state index is 12.7. The van der Waals surface area contributed by atoms with Crippen LogP contribution in [0.1, 0.15) is 20.8 Å². The van der Waals surface area contributed by atoms with Gasteiger partial charge in [-0.05, 0) is 48.8 Å². The Bertz CT molecular complexity index is 677. The van der Waals surface area contributed by atoms with Crippen LogP contribution in [0.5, 0.6) is 0 Å². The molecular weight excluding hydrogens is 384 g/mol. The molecule has 0 aromatic heterocycles. The molecule has 0 N–H and O–H groups in total. The number of carbonyl (C=O) groups is 1. The van der Waals surface area contributed by atoms with Gasteiger partial charge >= 0.3 is 6.09 Å². The van der Waals surface area contributed by atoms with Gasteiger partial charge in [0.15, 0.2) is 0 Å². The fourth-order valence-corrected chi connectivity index (χ4v) is 4.62. The van der Waals surface area contributed by atoms with Crippen LogP contribution in [-0.2, 0) is 14.8 Å². The van der Waals surface area contributed by atoms with Gasteiger partial charge in [0, 0.05) is 30.7 Å². The molecule has 1 aliphatic heterocycles. The van der Waals surface area contributed by atoms with Gasteiger partial charge in [0.25, 0.3) is 0 Å². The van der Waals surface area contributed by atoms with Crippen molar-refractivity contribution in [3.63, 3.8) is 0 Å². The molecule has 1 heterocycles. The smallest absolute Gasteiger partial charge is 0.410 e. The van der Waals surface area contributed by atoms with E-state index in [1.165, 1.54) is 9.21 Å². The molecule has 0 aliphatic carbocycles. The number of nitrogens with zero attached hydrogens (tertiary/aromatic N) is 2. The Hall–Kier alpha value is -1.12. The Balaban J connectivity index is 2.04. The molecule has 0 spiro atoms. The second-order valence-electron chi connectivity index (χ2n) is 6.30. The second-order valence-corrected chi connectivity index (χ2v) is 9.06. The maximum Gasteiger partial charge on any atom is 0.410 e. The standard InChI is InChI=1S/C15H21BrN2O4S/c1-15(2,3)22-14(19)17-8-10-18(11-9-17)23(20,21)13-7-5-4-6-12(13)16/h4-7H,8-11H2,1-3H3. The van der Waals surface area contributed by atoms with Crippen molar-refractivity contribution in [3.8, 4) is 0 Å². The van der Waals surface area contributed by atoms with E-state index in [0.29, 0.717) is 17.6 Å². The van der Waals surface area contributed by atoms with Crippen molar-refractivity contribution in [2.75, 3.05) is 26.2 Å². The van der Waals surface area contributed by atoms with Crippen molar-refractivity contribution in [2.45, 2.75) is 31.3 Å². The minimum absolute atomic E-state index is 0.241. The molecule has 6 nitrogen and oxygen atoms in total. The lowest BCUT2D eigenvalue weighted by molar-refractivity contribution is 0.0192. The second kappa shape index (κ2) is 6.78. The molecule has 1 saturated heterocycles. The van der Waals surface area contributed by atoms with Crippen LogP contribution in [0.15, 0.2) is 33.6 Å². The average molecular weight is 405 g/mol. The van der Waals surface area contributed by atoms with Gasteiger partial charge in [0.05, 0.1) is 4.90 Å². The van der Waals surface area contributed by atoms with E-state index in [-0.39, 0.29) is 18.0 Å². The van der Waals surface area contributed by atoms with Gasteiger partial charge in [-0.1, -0.05) is 12.1 Å². The van der Waals surface area contributed by atoms with Crippen LogP contribution in [0.2, 0.25) is 0 Å². The molecule has 128 valence electrons. The molecule has 1 aliphatic rings. The predicted molar refractivity (Wildman–Crippen MR) is 90.7 cm³/mol. The van der Waals surface area contributed by atoms with E-state index in [0.717, 1.165) is 0 Å². The van der Waals surface area contributed by atoms with Crippen LogP contribution in [0.4, 0.5) is 4.79 Å². The quantitative estimate of drug-likeness (QED) is 0.759. The van der Waals surface area contributed by atoms with Gasteiger partial charge < -0.3 is 9.64 Å². The zero-order valence-corrected chi connectivity index (χ0v) is 15.9. The number of rotatable bonds is 2. The van der Waals surface area contributed by atoms with Crippen molar-refractivity contribution in [1.82, 2.24) is 9.21 Å². The first-order chi connectivity index (χ1) is 10.6. The van der Waals surface area contributed by atoms with Gasteiger partial charge in [-0.2, -0.15) is 4.31 Å². The Kier molecular flexibility index (Phi) is 5.37. The van der Waals surface area contributed by atoms with Gasteiger partial charge in [-0.3, -0.25) is 0 Å². The van der Waals surface area contributed by atoms with Gasteiger partial charge in [-0.25, -0.2) is 13.2 Å². The number of halogens is 1. The highest BCUT2D eigenvalue weighted by Gasteiger charge is 2.32. The van der Waals surface area contributed by atoms with Crippen LogP contribution in [0.3, 0.4) is 0 Å². The summed E-state index contributed by atoms with van der Waals surface area (Å²) in [4.78, 5) is 13.8. The summed E-state index contributed by atoms with van der Waals surface area (Å²) >= 11 is 3.28. The first kappa shape index (κ1) is 18.2. The maximum atomic E-state index is 12.7. The number of hydrogen-bond acceptors (Lipinski definition) is 4. The monoisotopic (exact) mass is 404 g/mol. The Morgan fingerprint density at radius 1 is 1.13 bits per heavy atom. The largest absolute Gasteiger partial charge is 0.444 e. The number of ether oxygens (including phenoxy) is 1. The Morgan fingerprint density at radius 2 is 1.70 bits per heavy atom. The van der Waals surface area contributed by atoms with E-state index in [2.05, 4.69) is 15.9 Å². The normalized spacial score (nSPS) is 17.1. The number of amides is 1. The van der Waals surface area contributed by atoms with E-state index in [4.69, 9.17) is 4.74 Å². The molecule has 0 unspecified atom stereocenters. The molecule has 1 aromatic rings. The van der Waals surface area contributed by atoms with Crippen molar-refractivity contribution in [2.24, 2.45) is 0 Å². The molecule has 8 heteroatoms. The summed E-state index contributed by atoms with van der Waals surface area (Å²) in [7, 11) is -3.57. The third-order valence-electron chi connectivity index (χ3n) is 3.34. The van der Waals surface area contributed by atoms with Gasteiger partial charge in [0.1, 0.15) is 5.60 Å². The van der Waals surface area contributed by atoms with Crippen molar-refractivity contribution in [1.29, 1.82) is 0 Å². The van der Waals surface area contributed by atoms with Crippen LogP contribution in [0, 0.1) is 0 Å². The summed E-state index contributed by atoms with van der Waals surface area (Å²) in [6.07, 6.45) is -0.407. The fraction of sp³-hybridized carbons (Fsp3) is 0.533. The van der Waals surface area contributed by atoms with E-state index in [1.807, 2.05) is 0 Å². The lowest BCUT2D eigenvalue weighted by atomic mass is 10.2. The third kappa shape index (κ3) is 4.45. The van der Waals surface area contributed by atoms with Gasteiger partial charge in [0.2, 0.25) is 10.0 Å². The topological polar surface area (TPSA) is 66.9 Å². The highest BCUT2D eigenvalue weighted by atomic mass is 79.9. The Morgan fingerprint density at radius 3 is 2.22 bits per heavy atom. The fourth-order valence-electron chi connectivity index (χ4n) is 2.23. The van der Waals surface area contributed by atoms with Crippen molar-refractivity contribution >= 4 is 32.0 Å². The number of carbonyl (C=O) groups excluding carboxylic acids is 1. The number of sulfonamides is 1. The van der Waals surface area contributed by atoms with E-state index in [9.17, 15) is 13.2 Å². The molecule has 0 saturated carbocycles. The highest BCUT2D eigenvalue weighted by molar-refractivity contribution is 9.10. The summed E-state index contributed by atoms with van der Waals surface area (Å²) in [6.45, 7) is 6.55. The van der Waals surface area contributed by atoms with E-state index >= 15 is 0 Å². The molecule has 0 bridgehead atoms. The van der Waals surface area contributed by atoms with Crippen LogP contribution < -0.4 is 0 Å². The zero-order valence-electron chi connectivity index (χ0n) is 13.5. The van der Waals surface area contributed by atoms with E-state index in [1.54, 1.807) is 45.0 Å². The molecular formula is C15H21BrN2O4S. The average Bonchev–Trinajstić information content (AvgIpc) is 2.46. The van der Waals surface area contributed by atoms with Crippen LogP contribution in [0.25, 0.3) is 0 Å². The van der Waals surface area contributed by atoms with Gasteiger partial charge in [-0.15, -0.1) is 0 Å². The molecule has 0 radical (unpaired) electrons. The minimum atomic E-state index is -3.57. The number of piperazine rings is 1. The molecule has 1 aromatic carbocycles. The zero-order chi connectivity index (χ0) is 17.3. The molecule has 23 heavy (non-hydrogen) atoms. The third-order valence-corrected chi connectivity index (χ3v) is 6.26. The molecule has 1 amide bonds. The summed E-state index contributed by atoms with van der Waals surface area (Å²) in [5.74, 6) is 0. The van der Waals surface area contributed by atoms with Crippen molar-refractivity contribution in [3.05, 3.63) is 28.7 Å². The Labute approximate surface area is 145 Å². The lowest BCUT2D eigenvalue weighted by Gasteiger charge is -2.35. The summed E-state index contributed by atoms with van der Waals surface area (Å²) in [5, 5.41) is 0. The SMILES string of the molecule is CC(C)(C)OC(=O)N1CCN(S(=O)(=O)c2ccccc2Br)CC1. The minimum Gasteiger partial charge on any atom is -0.444 e. The summed E-state index contributed by atoms with van der Waals surface area (Å²) in [5.41, 5.74) is -0.560. The number of benzene rings is 1. The van der Waals surface area contributed by atoms with Crippen molar-refractivity contribution < 1.29 is 17.9 Å². The van der Waals surface area contributed by atoms with Crippen LogP contribution >= 0.6 is 15.9 Å². The lowest BCUT2D eigenvalue weighted by Crippen LogP contribution is -2.51. The summed E-state index contributed by atoms with van der Waals surface area (Å²) in [6, 6.07) is 6.72. The molecule has 0 atom stereocenters. The molecule has 1 fully saturated rings. The van der Waals surface area contributed by atoms with E-state index < -0.39 is 21.7 Å². The first-order valence-corrected chi connectivity index (χ1v) is 9.57. The molecule has 2 rings (SSSR count). The highest BCUT2D eigenvalue weighted by Crippen LogP contribution is 2.25. The van der Waals surface area contributed by atoms with Crippen LogP contribution in [-0.4, -0.2) is 55.5 Å². The summed E-state index contributed by atoms with van der Waals surface area (Å²) < 4.78 is 32.6. The number of hydrogen-bond donors (Lipinski definition) is 0. The predicted octanol–water partition coefficient (Wildman–Crippen LogP) is 2.69.